The summed E-state index contributed by atoms with van der Waals surface area (Å²) in [6, 6.07) is 16.3. The fourth-order valence-electron chi connectivity index (χ4n) is 2.05. The molecule has 1 atom stereocenters. The van der Waals surface area contributed by atoms with Gasteiger partial charge >= 0.3 is 0 Å². The van der Waals surface area contributed by atoms with Crippen LogP contribution in [0.4, 0.5) is 11.4 Å². The highest BCUT2D eigenvalue weighted by atomic mass is 16.3. The Hall–Kier alpha value is -1.80. The third-order valence-electron chi connectivity index (χ3n) is 3.17. The first-order chi connectivity index (χ1) is 8.59. The number of para-hydroxylation sites is 1. The summed E-state index contributed by atoms with van der Waals surface area (Å²) in [4.78, 5) is 2.10. The Bertz CT molecular complexity index is 517. The molecular weight excluding hydrogens is 222 g/mol. The van der Waals surface area contributed by atoms with Gasteiger partial charge in [0.15, 0.2) is 0 Å². The maximum absolute atomic E-state index is 9.82. The molecule has 0 aromatic heterocycles. The molecule has 0 unspecified atom stereocenters. The van der Waals surface area contributed by atoms with Gasteiger partial charge in [-0.25, -0.2) is 0 Å². The standard InChI is InChI=1S/C16H19NO/c1-12-8-10-14(11-9-12)17(3)16-7-5-4-6-15(16)13(2)18/h4-11,13,18H,1-3H3/t13-/m1/s1. The minimum atomic E-state index is -0.464. The van der Waals surface area contributed by atoms with Gasteiger partial charge in [-0.2, -0.15) is 0 Å². The SMILES string of the molecule is Cc1ccc(N(C)c2ccccc2[C@@H](C)O)cc1. The number of hydrogen-bond acceptors (Lipinski definition) is 2. The number of aliphatic hydroxyl groups is 1. The highest BCUT2D eigenvalue weighted by Gasteiger charge is 2.11. The lowest BCUT2D eigenvalue weighted by Gasteiger charge is -2.23. The Balaban J connectivity index is 2.39. The molecule has 0 heterocycles. The number of hydrogen-bond donors (Lipinski definition) is 1. The Morgan fingerprint density at radius 3 is 2.22 bits per heavy atom. The topological polar surface area (TPSA) is 23.5 Å². The molecule has 2 aromatic rings. The van der Waals surface area contributed by atoms with Crippen LogP contribution in [-0.2, 0) is 0 Å². The van der Waals surface area contributed by atoms with E-state index in [9.17, 15) is 5.11 Å². The lowest BCUT2D eigenvalue weighted by atomic mass is 10.1. The Morgan fingerprint density at radius 1 is 1.00 bits per heavy atom. The van der Waals surface area contributed by atoms with E-state index in [0.29, 0.717) is 0 Å². The average molecular weight is 241 g/mol. The summed E-state index contributed by atoms with van der Waals surface area (Å²) in [5.41, 5.74) is 4.35. The summed E-state index contributed by atoms with van der Waals surface area (Å²) in [6.07, 6.45) is -0.464. The number of anilines is 2. The van der Waals surface area contributed by atoms with Crippen LogP contribution in [0.1, 0.15) is 24.2 Å². The number of benzene rings is 2. The van der Waals surface area contributed by atoms with Gasteiger partial charge in [0.2, 0.25) is 0 Å². The summed E-state index contributed by atoms with van der Waals surface area (Å²) in [6.45, 7) is 3.87. The van der Waals surface area contributed by atoms with E-state index in [1.807, 2.05) is 31.3 Å². The van der Waals surface area contributed by atoms with Crippen LogP contribution in [0, 0.1) is 6.92 Å². The van der Waals surface area contributed by atoms with E-state index in [1.54, 1.807) is 6.92 Å². The van der Waals surface area contributed by atoms with Crippen molar-refractivity contribution >= 4 is 11.4 Å². The lowest BCUT2D eigenvalue weighted by molar-refractivity contribution is 0.200. The minimum absolute atomic E-state index is 0.464. The second kappa shape index (κ2) is 5.23. The van der Waals surface area contributed by atoms with Crippen LogP contribution in [0.3, 0.4) is 0 Å². The third-order valence-corrected chi connectivity index (χ3v) is 3.17. The van der Waals surface area contributed by atoms with Crippen LogP contribution in [0.5, 0.6) is 0 Å². The fourth-order valence-corrected chi connectivity index (χ4v) is 2.05. The van der Waals surface area contributed by atoms with E-state index in [0.717, 1.165) is 16.9 Å². The summed E-state index contributed by atoms with van der Waals surface area (Å²) in [5, 5.41) is 9.82. The summed E-state index contributed by atoms with van der Waals surface area (Å²) < 4.78 is 0. The molecule has 0 saturated carbocycles. The van der Waals surface area contributed by atoms with Gasteiger partial charge in [-0.3, -0.25) is 0 Å². The number of nitrogens with zero attached hydrogens (tertiary/aromatic N) is 1. The van der Waals surface area contributed by atoms with Crippen molar-refractivity contribution in [2.45, 2.75) is 20.0 Å². The smallest absolute Gasteiger partial charge is 0.0782 e. The molecule has 1 N–H and O–H groups in total. The molecule has 94 valence electrons. The summed E-state index contributed by atoms with van der Waals surface area (Å²) >= 11 is 0. The molecular formula is C16H19NO. The van der Waals surface area contributed by atoms with Crippen molar-refractivity contribution in [2.75, 3.05) is 11.9 Å². The van der Waals surface area contributed by atoms with Crippen molar-refractivity contribution in [2.24, 2.45) is 0 Å². The average Bonchev–Trinajstić information content (AvgIpc) is 2.39. The van der Waals surface area contributed by atoms with Crippen LogP contribution < -0.4 is 4.90 Å². The Labute approximate surface area is 109 Å². The first-order valence-electron chi connectivity index (χ1n) is 6.17. The normalized spacial score (nSPS) is 12.2. The zero-order valence-corrected chi connectivity index (χ0v) is 11.1. The minimum Gasteiger partial charge on any atom is -0.389 e. The molecule has 0 radical (unpaired) electrons. The van der Waals surface area contributed by atoms with Crippen LogP contribution in [0.15, 0.2) is 48.5 Å². The van der Waals surface area contributed by atoms with Crippen LogP contribution in [-0.4, -0.2) is 12.2 Å². The molecule has 0 amide bonds. The highest BCUT2D eigenvalue weighted by Crippen LogP contribution is 2.30. The van der Waals surface area contributed by atoms with E-state index in [1.165, 1.54) is 5.56 Å². The van der Waals surface area contributed by atoms with Gasteiger partial charge in [-0.05, 0) is 32.0 Å². The molecule has 0 aliphatic heterocycles. The van der Waals surface area contributed by atoms with Crippen molar-refractivity contribution in [3.63, 3.8) is 0 Å². The number of aliphatic hydroxyl groups excluding tert-OH is 1. The molecule has 18 heavy (non-hydrogen) atoms. The van der Waals surface area contributed by atoms with Crippen molar-refractivity contribution in [1.29, 1.82) is 0 Å². The van der Waals surface area contributed by atoms with Gasteiger partial charge < -0.3 is 10.0 Å². The van der Waals surface area contributed by atoms with E-state index in [-0.39, 0.29) is 0 Å². The monoisotopic (exact) mass is 241 g/mol. The van der Waals surface area contributed by atoms with Crippen molar-refractivity contribution in [3.8, 4) is 0 Å². The molecule has 0 fully saturated rings. The van der Waals surface area contributed by atoms with Gasteiger partial charge in [-0.1, -0.05) is 35.9 Å². The molecule has 0 saturated heterocycles. The van der Waals surface area contributed by atoms with Gasteiger partial charge in [0.05, 0.1) is 6.10 Å². The maximum Gasteiger partial charge on any atom is 0.0782 e. The van der Waals surface area contributed by atoms with Gasteiger partial charge in [0.1, 0.15) is 0 Å². The van der Waals surface area contributed by atoms with Crippen LogP contribution in [0.2, 0.25) is 0 Å². The van der Waals surface area contributed by atoms with Crippen molar-refractivity contribution in [1.82, 2.24) is 0 Å². The number of aryl methyl sites for hydroxylation is 1. The fraction of sp³-hybridized carbons (Fsp3) is 0.250. The van der Waals surface area contributed by atoms with E-state index >= 15 is 0 Å². The zero-order chi connectivity index (χ0) is 13.1. The molecule has 0 aliphatic rings. The predicted molar refractivity (Wildman–Crippen MR) is 76.3 cm³/mol. The van der Waals surface area contributed by atoms with Gasteiger partial charge in [0, 0.05) is 24.0 Å². The largest absolute Gasteiger partial charge is 0.389 e. The Kier molecular flexibility index (Phi) is 3.68. The van der Waals surface area contributed by atoms with Crippen LogP contribution in [0.25, 0.3) is 0 Å². The molecule has 2 aromatic carbocycles. The molecule has 0 aliphatic carbocycles. The molecule has 2 rings (SSSR count). The van der Waals surface area contributed by atoms with Gasteiger partial charge in [0.25, 0.3) is 0 Å². The van der Waals surface area contributed by atoms with Gasteiger partial charge in [-0.15, -0.1) is 0 Å². The summed E-state index contributed by atoms with van der Waals surface area (Å²) in [7, 11) is 2.02. The molecule has 2 heteroatoms. The van der Waals surface area contributed by atoms with Crippen LogP contribution >= 0.6 is 0 Å². The Morgan fingerprint density at radius 2 is 1.61 bits per heavy atom. The molecule has 0 bridgehead atoms. The molecule has 2 nitrogen and oxygen atoms in total. The summed E-state index contributed by atoms with van der Waals surface area (Å²) in [5.74, 6) is 0. The first kappa shape index (κ1) is 12.7. The quantitative estimate of drug-likeness (QED) is 0.883. The van der Waals surface area contributed by atoms with Crippen molar-refractivity contribution in [3.05, 3.63) is 59.7 Å². The second-order valence-corrected chi connectivity index (χ2v) is 4.63. The van der Waals surface area contributed by atoms with E-state index in [4.69, 9.17) is 0 Å². The number of rotatable bonds is 3. The van der Waals surface area contributed by atoms with Crippen molar-refractivity contribution < 1.29 is 5.11 Å². The lowest BCUT2D eigenvalue weighted by Crippen LogP contribution is -2.12. The zero-order valence-electron chi connectivity index (χ0n) is 11.1. The maximum atomic E-state index is 9.82. The van der Waals surface area contributed by atoms with E-state index < -0.39 is 6.10 Å². The molecule has 0 spiro atoms. The first-order valence-corrected chi connectivity index (χ1v) is 6.17. The highest BCUT2D eigenvalue weighted by molar-refractivity contribution is 5.66. The van der Waals surface area contributed by atoms with E-state index in [2.05, 4.69) is 36.1 Å². The third kappa shape index (κ3) is 2.54. The predicted octanol–water partition coefficient (Wildman–Crippen LogP) is 3.82. The second-order valence-electron chi connectivity index (χ2n) is 4.63.